The van der Waals surface area contributed by atoms with Gasteiger partial charge in [0.25, 0.3) is 0 Å². The number of hydrogen-bond donors (Lipinski definition) is 1. The molecule has 2 aliphatic rings. The first-order valence-electron chi connectivity index (χ1n) is 4.83. The zero-order valence-corrected chi connectivity index (χ0v) is 8.61. The number of piperidine rings is 1. The molecule has 0 aromatic carbocycles. The van der Waals surface area contributed by atoms with Gasteiger partial charge in [0.05, 0.1) is 6.54 Å². The largest absolute Gasteiger partial charge is 0.315 e. The molecule has 1 unspecified atom stereocenters. The first-order chi connectivity index (χ1) is 5.86. The molecule has 13 heavy (non-hydrogen) atoms. The second-order valence-corrected chi connectivity index (χ2v) is 3.76. The molecule has 2 saturated heterocycles. The predicted molar refractivity (Wildman–Crippen MR) is 54.3 cm³/mol. The highest BCUT2D eigenvalue weighted by Crippen LogP contribution is 2.14. The lowest BCUT2D eigenvalue weighted by molar-refractivity contribution is -0.117. The molecule has 0 aromatic rings. The Labute approximate surface area is 85.3 Å². The third kappa shape index (κ3) is 2.66. The molecule has 2 rings (SSSR count). The monoisotopic (exact) mass is 204 g/mol. The number of likely N-dealkylation sites (tertiary alicyclic amines) is 1. The summed E-state index contributed by atoms with van der Waals surface area (Å²) in [4.78, 5) is 13.4. The Bertz CT molecular complexity index is 180. The molecule has 4 heteroatoms. The van der Waals surface area contributed by atoms with Crippen LogP contribution in [-0.2, 0) is 4.79 Å². The van der Waals surface area contributed by atoms with E-state index in [-0.39, 0.29) is 12.4 Å². The van der Waals surface area contributed by atoms with Crippen LogP contribution in [0.2, 0.25) is 0 Å². The summed E-state index contributed by atoms with van der Waals surface area (Å²) in [6.07, 6.45) is 3.30. The van der Waals surface area contributed by atoms with Crippen LogP contribution in [0.4, 0.5) is 0 Å². The molecule has 2 heterocycles. The van der Waals surface area contributed by atoms with Crippen molar-refractivity contribution in [3.8, 4) is 0 Å². The summed E-state index contributed by atoms with van der Waals surface area (Å²) in [5.74, 6) is 0.417. The Morgan fingerprint density at radius 3 is 2.85 bits per heavy atom. The lowest BCUT2D eigenvalue weighted by Gasteiger charge is -2.30. The number of halogens is 1. The summed E-state index contributed by atoms with van der Waals surface area (Å²) in [6, 6.07) is 0.630. The number of nitrogens with one attached hydrogen (secondary N) is 1. The molecule has 0 radical (unpaired) electrons. The van der Waals surface area contributed by atoms with Gasteiger partial charge in [0.1, 0.15) is 5.78 Å². The zero-order chi connectivity index (χ0) is 8.39. The van der Waals surface area contributed by atoms with Gasteiger partial charge >= 0.3 is 0 Å². The molecule has 3 nitrogen and oxygen atoms in total. The number of carbonyl (C=O) groups excluding carboxylic acids is 1. The highest BCUT2D eigenvalue weighted by Gasteiger charge is 2.27. The van der Waals surface area contributed by atoms with Crippen LogP contribution in [0.3, 0.4) is 0 Å². The summed E-state index contributed by atoms with van der Waals surface area (Å²) in [5.41, 5.74) is 0. The van der Waals surface area contributed by atoms with Gasteiger partial charge in [-0.05, 0) is 19.4 Å². The fraction of sp³-hybridized carbons (Fsp3) is 0.889. The number of rotatable bonds is 1. The zero-order valence-electron chi connectivity index (χ0n) is 7.79. The van der Waals surface area contributed by atoms with Crippen LogP contribution in [0, 0.1) is 0 Å². The van der Waals surface area contributed by atoms with E-state index in [4.69, 9.17) is 0 Å². The molecule has 1 N–H and O–H groups in total. The minimum absolute atomic E-state index is 0. The van der Waals surface area contributed by atoms with Gasteiger partial charge < -0.3 is 5.32 Å². The quantitative estimate of drug-likeness (QED) is 0.673. The van der Waals surface area contributed by atoms with E-state index in [1.54, 1.807) is 0 Å². The van der Waals surface area contributed by atoms with Crippen molar-refractivity contribution < 1.29 is 4.79 Å². The average molecular weight is 205 g/mol. The Morgan fingerprint density at radius 2 is 2.31 bits per heavy atom. The second-order valence-electron chi connectivity index (χ2n) is 3.76. The maximum atomic E-state index is 11.0. The molecule has 0 aromatic heterocycles. The molecular weight excluding hydrogens is 188 g/mol. The van der Waals surface area contributed by atoms with E-state index < -0.39 is 0 Å². The summed E-state index contributed by atoms with van der Waals surface area (Å²) >= 11 is 0. The van der Waals surface area contributed by atoms with Crippen molar-refractivity contribution in [1.82, 2.24) is 10.2 Å². The van der Waals surface area contributed by atoms with Crippen molar-refractivity contribution in [2.45, 2.75) is 25.3 Å². The summed E-state index contributed by atoms with van der Waals surface area (Å²) in [6.45, 7) is 3.92. The smallest absolute Gasteiger partial charge is 0.148 e. The summed E-state index contributed by atoms with van der Waals surface area (Å²) in [7, 11) is 0. The highest BCUT2D eigenvalue weighted by molar-refractivity contribution is 5.85. The van der Waals surface area contributed by atoms with Gasteiger partial charge in [0.15, 0.2) is 0 Å². The maximum Gasteiger partial charge on any atom is 0.148 e. The lowest BCUT2D eigenvalue weighted by Crippen LogP contribution is -2.44. The van der Waals surface area contributed by atoms with Gasteiger partial charge in [-0.15, -0.1) is 12.4 Å². The van der Waals surface area contributed by atoms with Crippen molar-refractivity contribution in [3.63, 3.8) is 0 Å². The molecule has 2 aliphatic heterocycles. The summed E-state index contributed by atoms with van der Waals surface area (Å²) < 4.78 is 0. The summed E-state index contributed by atoms with van der Waals surface area (Å²) in [5, 5.41) is 3.37. The molecule has 2 fully saturated rings. The van der Waals surface area contributed by atoms with Gasteiger partial charge in [0, 0.05) is 25.6 Å². The van der Waals surface area contributed by atoms with Crippen molar-refractivity contribution in [1.29, 1.82) is 0 Å². The highest BCUT2D eigenvalue weighted by atomic mass is 35.5. The average Bonchev–Trinajstić information content (AvgIpc) is 2.54. The van der Waals surface area contributed by atoms with Gasteiger partial charge in [-0.1, -0.05) is 0 Å². The fourth-order valence-corrected chi connectivity index (χ4v) is 2.11. The normalized spacial score (nSPS) is 30.2. The first-order valence-corrected chi connectivity index (χ1v) is 4.83. The van der Waals surface area contributed by atoms with Gasteiger partial charge in [-0.3, -0.25) is 9.69 Å². The van der Waals surface area contributed by atoms with E-state index in [2.05, 4.69) is 10.2 Å². The van der Waals surface area contributed by atoms with Crippen LogP contribution in [0.1, 0.15) is 19.3 Å². The minimum Gasteiger partial charge on any atom is -0.315 e. The molecule has 0 amide bonds. The Balaban J connectivity index is 0.000000845. The standard InChI is InChI=1S/C9H16N2O.ClH/c12-9-3-5-11(7-9)8-2-1-4-10-6-8;/h8,10H,1-7H2;1H. The van der Waals surface area contributed by atoms with Crippen LogP contribution in [0.25, 0.3) is 0 Å². The second kappa shape index (κ2) is 4.94. The van der Waals surface area contributed by atoms with Crippen LogP contribution in [-0.4, -0.2) is 42.9 Å². The lowest BCUT2D eigenvalue weighted by atomic mass is 10.1. The number of hydrogen-bond acceptors (Lipinski definition) is 3. The number of carbonyl (C=O) groups is 1. The van der Waals surface area contributed by atoms with E-state index in [1.165, 1.54) is 12.8 Å². The number of Topliss-reactive ketones (excluding diaryl/α,β-unsaturated/α-hetero) is 1. The van der Waals surface area contributed by atoms with Crippen LogP contribution >= 0.6 is 12.4 Å². The van der Waals surface area contributed by atoms with Crippen LogP contribution in [0.5, 0.6) is 0 Å². The minimum atomic E-state index is 0. The molecule has 76 valence electrons. The Hall–Kier alpha value is -0.120. The molecule has 0 saturated carbocycles. The van der Waals surface area contributed by atoms with E-state index in [1.807, 2.05) is 0 Å². The van der Waals surface area contributed by atoms with E-state index in [9.17, 15) is 4.79 Å². The topological polar surface area (TPSA) is 32.3 Å². The van der Waals surface area contributed by atoms with Crippen LogP contribution in [0.15, 0.2) is 0 Å². The first kappa shape index (κ1) is 11.0. The maximum absolute atomic E-state index is 11.0. The third-order valence-electron chi connectivity index (χ3n) is 2.84. The van der Waals surface area contributed by atoms with Gasteiger partial charge in [0.2, 0.25) is 0 Å². The Morgan fingerprint density at radius 1 is 1.46 bits per heavy atom. The third-order valence-corrected chi connectivity index (χ3v) is 2.84. The van der Waals surface area contributed by atoms with E-state index in [0.717, 1.165) is 26.1 Å². The van der Waals surface area contributed by atoms with Crippen molar-refractivity contribution in [2.75, 3.05) is 26.2 Å². The van der Waals surface area contributed by atoms with Crippen LogP contribution < -0.4 is 5.32 Å². The SMILES string of the molecule is Cl.O=C1CCN(C2CCCNC2)C1. The van der Waals surface area contributed by atoms with Crippen molar-refractivity contribution >= 4 is 18.2 Å². The predicted octanol–water partition coefficient (Wildman–Crippen LogP) is 0.435. The Kier molecular flexibility index (Phi) is 4.16. The molecule has 0 aliphatic carbocycles. The van der Waals surface area contributed by atoms with E-state index >= 15 is 0 Å². The molecule has 1 atom stereocenters. The number of nitrogens with zero attached hydrogens (tertiary/aromatic N) is 1. The number of ketones is 1. The molecule has 0 bridgehead atoms. The fourth-order valence-electron chi connectivity index (χ4n) is 2.11. The van der Waals surface area contributed by atoms with E-state index in [0.29, 0.717) is 18.4 Å². The van der Waals surface area contributed by atoms with Gasteiger partial charge in [-0.25, -0.2) is 0 Å². The van der Waals surface area contributed by atoms with Gasteiger partial charge in [-0.2, -0.15) is 0 Å². The molecule has 0 spiro atoms. The molecular formula is C9H17ClN2O. The van der Waals surface area contributed by atoms with Crippen molar-refractivity contribution in [3.05, 3.63) is 0 Å². The van der Waals surface area contributed by atoms with Crippen molar-refractivity contribution in [2.24, 2.45) is 0 Å².